The lowest BCUT2D eigenvalue weighted by Gasteiger charge is -2.56. The van der Waals surface area contributed by atoms with Gasteiger partial charge < -0.3 is 20.2 Å². The molecule has 0 aromatic carbocycles. The molecule has 2 aliphatic heterocycles. The molecule has 0 bridgehead atoms. The Kier molecular flexibility index (Phi) is 2.02. The van der Waals surface area contributed by atoms with Gasteiger partial charge in [0.15, 0.2) is 0 Å². The second-order valence-electron chi connectivity index (χ2n) is 3.64. The zero-order chi connectivity index (χ0) is 9.59. The summed E-state index contributed by atoms with van der Waals surface area (Å²) in [5.74, 6) is -0.0837. The summed E-state index contributed by atoms with van der Waals surface area (Å²) in [6, 6.07) is -0.995. The van der Waals surface area contributed by atoms with Crippen molar-refractivity contribution in [3.63, 3.8) is 0 Å². The lowest BCUT2D eigenvalue weighted by atomic mass is 9.80. The first kappa shape index (κ1) is 8.93. The van der Waals surface area contributed by atoms with E-state index in [9.17, 15) is 15.0 Å². The van der Waals surface area contributed by atoms with Crippen molar-refractivity contribution in [1.82, 2.24) is 4.90 Å². The van der Waals surface area contributed by atoms with E-state index in [0.717, 1.165) is 0 Å². The zero-order valence-electron chi connectivity index (χ0n) is 7.13. The van der Waals surface area contributed by atoms with Crippen molar-refractivity contribution in [3.8, 4) is 0 Å². The van der Waals surface area contributed by atoms with Crippen LogP contribution in [-0.2, 0) is 4.79 Å². The predicted molar refractivity (Wildman–Crippen MR) is 42.8 cm³/mol. The Bertz CT molecular complexity index is 232. The summed E-state index contributed by atoms with van der Waals surface area (Å²) < 4.78 is 0. The third kappa shape index (κ3) is 1.08. The zero-order valence-corrected chi connectivity index (χ0v) is 7.13. The van der Waals surface area contributed by atoms with Crippen LogP contribution < -0.4 is 0 Å². The molecule has 0 aromatic heterocycles. The maximum Gasteiger partial charge on any atom is 0.223 e. The normalized spacial score (nSPS) is 44.2. The van der Waals surface area contributed by atoms with Gasteiger partial charge in [0.2, 0.25) is 5.91 Å². The monoisotopic (exact) mass is 187 g/mol. The molecule has 2 aliphatic rings. The number of carbonyl (C=O) groups is 1. The summed E-state index contributed by atoms with van der Waals surface area (Å²) in [4.78, 5) is 12.7. The van der Waals surface area contributed by atoms with Crippen molar-refractivity contribution in [3.05, 3.63) is 0 Å². The van der Waals surface area contributed by atoms with Gasteiger partial charge in [0, 0.05) is 6.42 Å². The Morgan fingerprint density at radius 2 is 2.15 bits per heavy atom. The van der Waals surface area contributed by atoms with Crippen LogP contribution in [0.2, 0.25) is 0 Å². The first-order valence-corrected chi connectivity index (χ1v) is 4.45. The summed E-state index contributed by atoms with van der Waals surface area (Å²) in [7, 11) is 0. The molecule has 0 aromatic rings. The highest BCUT2D eigenvalue weighted by atomic mass is 16.3. The second kappa shape index (κ2) is 2.94. The molecule has 2 fully saturated rings. The van der Waals surface area contributed by atoms with E-state index in [0.29, 0.717) is 12.8 Å². The van der Waals surface area contributed by atoms with Crippen molar-refractivity contribution < 1.29 is 20.1 Å². The third-order valence-corrected chi connectivity index (χ3v) is 2.95. The summed E-state index contributed by atoms with van der Waals surface area (Å²) >= 11 is 0. The molecule has 0 unspecified atom stereocenters. The first-order valence-electron chi connectivity index (χ1n) is 4.45. The summed E-state index contributed by atoms with van der Waals surface area (Å²) in [6.07, 6.45) is -0.699. The SMILES string of the molecule is O=C1CC[C@@H](O)[C@@H]2[C@H](O)[C@H](CO)N12. The number of aliphatic hydroxyl groups is 3. The van der Waals surface area contributed by atoms with Crippen molar-refractivity contribution in [1.29, 1.82) is 0 Å². The van der Waals surface area contributed by atoms with Gasteiger partial charge in [0.05, 0.1) is 30.9 Å². The molecule has 0 radical (unpaired) electrons. The number of fused-ring (bicyclic) bond motifs is 1. The summed E-state index contributed by atoms with van der Waals surface area (Å²) in [5.41, 5.74) is 0. The summed E-state index contributed by atoms with van der Waals surface area (Å²) in [6.45, 7) is -0.240. The Labute approximate surface area is 75.6 Å². The van der Waals surface area contributed by atoms with Gasteiger partial charge in [0.25, 0.3) is 0 Å². The quantitative estimate of drug-likeness (QED) is 0.447. The maximum absolute atomic E-state index is 11.3. The van der Waals surface area contributed by atoms with Crippen molar-refractivity contribution in [2.45, 2.75) is 37.1 Å². The number of hydrogen-bond acceptors (Lipinski definition) is 4. The third-order valence-electron chi connectivity index (χ3n) is 2.95. The van der Waals surface area contributed by atoms with Crippen LogP contribution in [0, 0.1) is 0 Å². The van der Waals surface area contributed by atoms with Crippen LogP contribution in [0.15, 0.2) is 0 Å². The highest BCUT2D eigenvalue weighted by Crippen LogP contribution is 2.34. The minimum Gasteiger partial charge on any atom is -0.394 e. The van der Waals surface area contributed by atoms with Crippen LogP contribution in [0.1, 0.15) is 12.8 Å². The highest BCUT2D eigenvalue weighted by molar-refractivity contribution is 5.79. The molecule has 2 heterocycles. The molecule has 2 rings (SSSR count). The van der Waals surface area contributed by atoms with E-state index in [-0.39, 0.29) is 12.5 Å². The molecule has 13 heavy (non-hydrogen) atoms. The number of piperidine rings is 1. The molecule has 4 atom stereocenters. The first-order chi connectivity index (χ1) is 6.16. The molecular weight excluding hydrogens is 174 g/mol. The molecule has 0 spiro atoms. The van der Waals surface area contributed by atoms with Crippen molar-refractivity contribution in [2.75, 3.05) is 6.61 Å². The largest absolute Gasteiger partial charge is 0.394 e. The number of aliphatic hydroxyl groups excluding tert-OH is 3. The van der Waals surface area contributed by atoms with Gasteiger partial charge in [-0.15, -0.1) is 0 Å². The molecule has 3 N–H and O–H groups in total. The summed E-state index contributed by atoms with van der Waals surface area (Å²) in [5, 5.41) is 27.8. The minimum atomic E-state index is -0.774. The van der Waals surface area contributed by atoms with Crippen LogP contribution in [0.3, 0.4) is 0 Å². The Morgan fingerprint density at radius 1 is 1.46 bits per heavy atom. The fourth-order valence-electron chi connectivity index (χ4n) is 2.21. The van der Waals surface area contributed by atoms with E-state index in [1.165, 1.54) is 4.90 Å². The van der Waals surface area contributed by atoms with Gasteiger partial charge in [-0.2, -0.15) is 0 Å². The lowest BCUT2D eigenvalue weighted by Crippen LogP contribution is -2.75. The second-order valence-corrected chi connectivity index (χ2v) is 3.64. The van der Waals surface area contributed by atoms with Gasteiger partial charge in [0.1, 0.15) is 0 Å². The smallest absolute Gasteiger partial charge is 0.223 e. The molecule has 5 nitrogen and oxygen atoms in total. The van der Waals surface area contributed by atoms with Gasteiger partial charge in [-0.05, 0) is 6.42 Å². The van der Waals surface area contributed by atoms with E-state index in [1.807, 2.05) is 0 Å². The number of amides is 1. The Hall–Kier alpha value is -0.650. The van der Waals surface area contributed by atoms with Crippen LogP contribution in [0.4, 0.5) is 0 Å². The Morgan fingerprint density at radius 3 is 2.77 bits per heavy atom. The van der Waals surface area contributed by atoms with Crippen molar-refractivity contribution in [2.24, 2.45) is 0 Å². The van der Waals surface area contributed by atoms with Crippen LogP contribution in [0.5, 0.6) is 0 Å². The van der Waals surface area contributed by atoms with Crippen LogP contribution >= 0.6 is 0 Å². The van der Waals surface area contributed by atoms with Gasteiger partial charge >= 0.3 is 0 Å². The molecular formula is C8H13NO4. The predicted octanol–water partition coefficient (Wildman–Crippen LogP) is -1.93. The van der Waals surface area contributed by atoms with E-state index >= 15 is 0 Å². The fourth-order valence-corrected chi connectivity index (χ4v) is 2.21. The van der Waals surface area contributed by atoms with Crippen LogP contribution in [-0.4, -0.2) is 57.0 Å². The molecule has 0 saturated carbocycles. The number of nitrogens with zero attached hydrogens (tertiary/aromatic N) is 1. The van der Waals surface area contributed by atoms with Crippen molar-refractivity contribution >= 4 is 5.91 Å². The molecule has 74 valence electrons. The van der Waals surface area contributed by atoms with E-state index in [2.05, 4.69) is 0 Å². The maximum atomic E-state index is 11.3. The van der Waals surface area contributed by atoms with E-state index < -0.39 is 24.3 Å². The van der Waals surface area contributed by atoms with Gasteiger partial charge in [-0.25, -0.2) is 0 Å². The number of hydrogen-bond donors (Lipinski definition) is 3. The fraction of sp³-hybridized carbons (Fsp3) is 0.875. The highest BCUT2D eigenvalue weighted by Gasteiger charge is 2.54. The Balaban J connectivity index is 2.14. The van der Waals surface area contributed by atoms with E-state index in [4.69, 9.17) is 5.11 Å². The standard InChI is InChI=1S/C8H13NO4/c10-3-4-8(13)7-5(11)1-2-6(12)9(4)7/h4-5,7-8,10-11,13H,1-3H2/t4-,5+,7+,8+/m0/s1. The average molecular weight is 187 g/mol. The average Bonchev–Trinajstić information content (AvgIpc) is 2.09. The number of carbonyl (C=O) groups excluding carboxylic acids is 1. The van der Waals surface area contributed by atoms with Gasteiger partial charge in [-0.1, -0.05) is 0 Å². The van der Waals surface area contributed by atoms with Crippen LogP contribution in [0.25, 0.3) is 0 Å². The molecule has 0 aliphatic carbocycles. The molecule has 1 amide bonds. The lowest BCUT2D eigenvalue weighted by molar-refractivity contribution is -0.198. The number of rotatable bonds is 1. The molecule has 2 saturated heterocycles. The van der Waals surface area contributed by atoms with Gasteiger partial charge in [-0.3, -0.25) is 4.79 Å². The topological polar surface area (TPSA) is 81.0 Å². The molecule has 5 heteroatoms. The van der Waals surface area contributed by atoms with E-state index in [1.54, 1.807) is 0 Å². The minimum absolute atomic E-state index is 0.0837.